The van der Waals surface area contributed by atoms with Crippen molar-refractivity contribution >= 4 is 22.7 Å². The first-order valence-corrected chi connectivity index (χ1v) is 8.80. The summed E-state index contributed by atoms with van der Waals surface area (Å²) in [6.07, 6.45) is 3.79. The van der Waals surface area contributed by atoms with Crippen LogP contribution < -0.4 is 15.0 Å². The van der Waals surface area contributed by atoms with Crippen molar-refractivity contribution in [1.29, 1.82) is 0 Å². The third-order valence-electron chi connectivity index (χ3n) is 4.57. The van der Waals surface area contributed by atoms with Crippen molar-refractivity contribution < 1.29 is 4.74 Å². The lowest BCUT2D eigenvalue weighted by Crippen LogP contribution is -2.08. The quantitative estimate of drug-likeness (QED) is 0.555. The molecule has 2 heterocycles. The van der Waals surface area contributed by atoms with E-state index in [4.69, 9.17) is 4.74 Å². The fraction of sp³-hybridized carbons (Fsp3) is 0.136. The van der Waals surface area contributed by atoms with E-state index in [1.165, 1.54) is 0 Å². The molecule has 2 aromatic carbocycles. The van der Waals surface area contributed by atoms with E-state index in [9.17, 15) is 0 Å². The van der Waals surface area contributed by atoms with E-state index in [1.807, 2.05) is 56.8 Å². The lowest BCUT2D eigenvalue weighted by molar-refractivity contribution is 0.415. The number of nitrogens with zero attached hydrogens (tertiary/aromatic N) is 3. The second kappa shape index (κ2) is 7.03. The maximum absolute atomic E-state index is 5.36. The Hall–Kier alpha value is -3.47. The van der Waals surface area contributed by atoms with E-state index in [0.29, 0.717) is 0 Å². The Bertz CT molecular complexity index is 1080. The molecule has 5 heteroatoms. The predicted molar refractivity (Wildman–Crippen MR) is 111 cm³/mol. The topological polar surface area (TPSA) is 41.8 Å². The molecule has 27 heavy (non-hydrogen) atoms. The van der Waals surface area contributed by atoms with E-state index in [-0.39, 0.29) is 0 Å². The number of hydrogen-bond acceptors (Lipinski definition) is 4. The molecule has 0 aliphatic carbocycles. The number of aromatic nitrogens is 2. The number of benzene rings is 2. The van der Waals surface area contributed by atoms with Crippen molar-refractivity contribution in [3.05, 3.63) is 73.1 Å². The third-order valence-corrected chi connectivity index (χ3v) is 4.57. The van der Waals surface area contributed by atoms with Gasteiger partial charge in [-0.3, -0.25) is 0 Å². The molecule has 5 nitrogen and oxygen atoms in total. The molecule has 0 atom stereocenters. The predicted octanol–water partition coefficient (Wildman–Crippen LogP) is 4.82. The van der Waals surface area contributed by atoms with Crippen LogP contribution in [0.2, 0.25) is 0 Å². The third kappa shape index (κ3) is 3.31. The summed E-state index contributed by atoms with van der Waals surface area (Å²) in [4.78, 5) is 6.63. The molecule has 0 unspecified atom stereocenters. The normalized spacial score (nSPS) is 10.8. The first kappa shape index (κ1) is 17.0. The van der Waals surface area contributed by atoms with Crippen LogP contribution in [0.3, 0.4) is 0 Å². The Kier molecular flexibility index (Phi) is 4.42. The number of hydrogen-bond donors (Lipinski definition) is 1. The molecular formula is C22H22N4O. The van der Waals surface area contributed by atoms with Gasteiger partial charge < -0.3 is 19.4 Å². The summed E-state index contributed by atoms with van der Waals surface area (Å²) in [7, 11) is 5.75. The van der Waals surface area contributed by atoms with Gasteiger partial charge in [-0.15, -0.1) is 0 Å². The van der Waals surface area contributed by atoms with Gasteiger partial charge in [-0.25, -0.2) is 4.98 Å². The molecule has 2 aromatic heterocycles. The molecule has 4 rings (SSSR count). The van der Waals surface area contributed by atoms with Crippen LogP contribution in [0.25, 0.3) is 16.8 Å². The van der Waals surface area contributed by atoms with Gasteiger partial charge in [0.05, 0.1) is 18.3 Å². The fourth-order valence-electron chi connectivity index (χ4n) is 3.16. The zero-order chi connectivity index (χ0) is 18.8. The standard InChI is InChI=1S/C22H22N4O/c1-25(2)18-8-5-7-17(15-18)24-22-21-11-10-20(26(21)13-12-23-22)16-6-4-9-19(14-16)27-3/h4-15H,1-3H3,(H,23,24). The van der Waals surface area contributed by atoms with Crippen molar-refractivity contribution in [2.45, 2.75) is 0 Å². The minimum Gasteiger partial charge on any atom is -0.497 e. The highest BCUT2D eigenvalue weighted by atomic mass is 16.5. The first-order chi connectivity index (χ1) is 13.2. The molecule has 0 aliphatic heterocycles. The largest absolute Gasteiger partial charge is 0.497 e. The van der Waals surface area contributed by atoms with Crippen LogP contribution >= 0.6 is 0 Å². The number of anilines is 3. The average molecular weight is 358 g/mol. The Morgan fingerprint density at radius 1 is 1.00 bits per heavy atom. The minimum absolute atomic E-state index is 0.822. The SMILES string of the molecule is COc1cccc(-c2ccc3c(Nc4cccc(N(C)C)c4)nccn23)c1. The van der Waals surface area contributed by atoms with E-state index < -0.39 is 0 Å². The Labute approximate surface area is 158 Å². The monoisotopic (exact) mass is 358 g/mol. The summed E-state index contributed by atoms with van der Waals surface area (Å²) in [5.74, 6) is 1.66. The number of methoxy groups -OCH3 is 1. The summed E-state index contributed by atoms with van der Waals surface area (Å²) >= 11 is 0. The minimum atomic E-state index is 0.822. The van der Waals surface area contributed by atoms with E-state index in [2.05, 4.69) is 49.9 Å². The van der Waals surface area contributed by atoms with Crippen LogP contribution in [0.5, 0.6) is 5.75 Å². The summed E-state index contributed by atoms with van der Waals surface area (Å²) in [5.41, 5.74) is 5.36. The number of nitrogens with one attached hydrogen (secondary N) is 1. The molecule has 0 fully saturated rings. The number of fused-ring (bicyclic) bond motifs is 1. The van der Waals surface area contributed by atoms with Gasteiger partial charge in [0.15, 0.2) is 5.82 Å². The lowest BCUT2D eigenvalue weighted by Gasteiger charge is -2.14. The highest BCUT2D eigenvalue weighted by Gasteiger charge is 2.10. The Morgan fingerprint density at radius 2 is 1.85 bits per heavy atom. The van der Waals surface area contributed by atoms with Gasteiger partial charge in [0, 0.05) is 43.4 Å². The summed E-state index contributed by atoms with van der Waals surface area (Å²) < 4.78 is 7.50. The Balaban J connectivity index is 1.73. The molecule has 0 aliphatic rings. The van der Waals surface area contributed by atoms with E-state index >= 15 is 0 Å². The fourth-order valence-corrected chi connectivity index (χ4v) is 3.16. The molecule has 0 radical (unpaired) electrons. The van der Waals surface area contributed by atoms with Crippen LogP contribution in [0.15, 0.2) is 73.1 Å². The van der Waals surface area contributed by atoms with Crippen LogP contribution in [-0.2, 0) is 0 Å². The maximum Gasteiger partial charge on any atom is 0.154 e. The van der Waals surface area contributed by atoms with Gasteiger partial charge in [0.2, 0.25) is 0 Å². The van der Waals surface area contributed by atoms with Gasteiger partial charge >= 0.3 is 0 Å². The summed E-state index contributed by atoms with van der Waals surface area (Å²) in [6, 6.07) is 20.5. The zero-order valence-corrected chi connectivity index (χ0v) is 15.7. The molecule has 0 saturated carbocycles. The summed E-state index contributed by atoms with van der Waals surface area (Å²) in [6.45, 7) is 0. The summed E-state index contributed by atoms with van der Waals surface area (Å²) in [5, 5.41) is 3.45. The number of ether oxygens (including phenoxy) is 1. The second-order valence-electron chi connectivity index (χ2n) is 6.55. The van der Waals surface area contributed by atoms with Gasteiger partial charge in [0.1, 0.15) is 5.75 Å². The van der Waals surface area contributed by atoms with Crippen LogP contribution in [0, 0.1) is 0 Å². The van der Waals surface area contributed by atoms with Gasteiger partial charge in [-0.05, 0) is 42.5 Å². The molecule has 136 valence electrons. The molecule has 1 N–H and O–H groups in total. The second-order valence-corrected chi connectivity index (χ2v) is 6.55. The number of rotatable bonds is 5. The van der Waals surface area contributed by atoms with E-state index in [0.717, 1.165) is 39.7 Å². The van der Waals surface area contributed by atoms with Crippen molar-refractivity contribution in [3.63, 3.8) is 0 Å². The van der Waals surface area contributed by atoms with Crippen molar-refractivity contribution in [1.82, 2.24) is 9.38 Å². The molecule has 0 amide bonds. The first-order valence-electron chi connectivity index (χ1n) is 8.80. The average Bonchev–Trinajstić information content (AvgIpc) is 3.13. The smallest absolute Gasteiger partial charge is 0.154 e. The molecule has 0 spiro atoms. The molecule has 4 aromatic rings. The van der Waals surface area contributed by atoms with Crippen molar-refractivity contribution in [3.8, 4) is 17.0 Å². The maximum atomic E-state index is 5.36. The highest BCUT2D eigenvalue weighted by molar-refractivity contribution is 5.79. The van der Waals surface area contributed by atoms with Gasteiger partial charge in [0.25, 0.3) is 0 Å². The molecular weight excluding hydrogens is 336 g/mol. The lowest BCUT2D eigenvalue weighted by atomic mass is 10.1. The Morgan fingerprint density at radius 3 is 2.67 bits per heavy atom. The van der Waals surface area contributed by atoms with Crippen LogP contribution in [-0.4, -0.2) is 30.6 Å². The molecule has 0 bridgehead atoms. The van der Waals surface area contributed by atoms with Crippen LogP contribution in [0.1, 0.15) is 0 Å². The van der Waals surface area contributed by atoms with Gasteiger partial charge in [-0.2, -0.15) is 0 Å². The van der Waals surface area contributed by atoms with Crippen LogP contribution in [0.4, 0.5) is 17.2 Å². The van der Waals surface area contributed by atoms with Crippen molar-refractivity contribution in [2.24, 2.45) is 0 Å². The zero-order valence-electron chi connectivity index (χ0n) is 15.7. The van der Waals surface area contributed by atoms with Crippen molar-refractivity contribution in [2.75, 3.05) is 31.4 Å². The van der Waals surface area contributed by atoms with E-state index in [1.54, 1.807) is 7.11 Å². The van der Waals surface area contributed by atoms with Gasteiger partial charge in [-0.1, -0.05) is 18.2 Å². The molecule has 0 saturated heterocycles. The highest BCUT2D eigenvalue weighted by Crippen LogP contribution is 2.29.